The smallest absolute Gasteiger partial charge is 0.387 e. The Morgan fingerprint density at radius 1 is 0.758 bits per heavy atom. The molecule has 14 nitrogen and oxygen atoms in total. The summed E-state index contributed by atoms with van der Waals surface area (Å²) in [6, 6.07) is 5.00. The van der Waals surface area contributed by atoms with E-state index in [1.807, 2.05) is 6.07 Å². The topological polar surface area (TPSA) is 204 Å². The Labute approximate surface area is 373 Å². The van der Waals surface area contributed by atoms with Gasteiger partial charge in [0.1, 0.15) is 42.3 Å². The molecule has 0 spiro atoms. The van der Waals surface area contributed by atoms with E-state index in [1.165, 1.54) is 165 Å². The highest BCUT2D eigenvalue weighted by atomic mass is 31.2. The summed E-state index contributed by atoms with van der Waals surface area (Å²) in [6.45, 7) is 4.88. The maximum atomic E-state index is 13.1. The quantitative estimate of drug-likeness (QED) is 0.0364. The standard InChI is InChI=1S/C47H84N5O9P/c1-3-5-7-9-11-13-15-17-19-21-23-25-27-29-33-57-35-40(58-34-30-28-26-24-22-20-18-16-14-12-10-8-6-4-2)36-59-62(55,56)60-37-42-44(53)45(54)47(38-48,61-42)43-32-31-41-46(49)50-39-51-52(41)43/h31-32,39-40,42,44-45,53-54H,3-30,33-37H2,1-2H3,(H,55,56)(H2,49,50,51)/t40-,42-,44-,45-,47+/m1/s1. The molecule has 3 rings (SSSR count). The molecule has 356 valence electrons. The SMILES string of the molecule is CCCCCCCCCCCCCCCCOC[C@H](COP(=O)(O)OC[C@H]1O[C@@](C#N)(c2ccc3c(N)ncnn23)[C@H](O)[C@@H]1O)OCCCCCCCCCCCCCCCC. The van der Waals surface area contributed by atoms with Crippen LogP contribution in [0.4, 0.5) is 5.82 Å². The number of rotatable bonds is 40. The number of aliphatic hydroxyl groups excluding tert-OH is 2. The minimum Gasteiger partial charge on any atom is -0.387 e. The number of nitrogens with two attached hydrogens (primary N) is 1. The van der Waals surface area contributed by atoms with Crippen molar-refractivity contribution in [3.8, 4) is 6.07 Å². The third kappa shape index (κ3) is 20.3. The Morgan fingerprint density at radius 2 is 1.24 bits per heavy atom. The molecule has 0 aliphatic carbocycles. The Bertz CT molecular complexity index is 1530. The molecular formula is C47H84N5O9P. The molecule has 62 heavy (non-hydrogen) atoms. The van der Waals surface area contributed by atoms with Crippen molar-refractivity contribution < 1.29 is 42.9 Å². The fourth-order valence-corrected chi connectivity index (χ4v) is 9.00. The van der Waals surface area contributed by atoms with Crippen LogP contribution >= 0.6 is 7.82 Å². The summed E-state index contributed by atoms with van der Waals surface area (Å²) in [5.41, 5.74) is 4.35. The third-order valence-corrected chi connectivity index (χ3v) is 13.1. The number of phosphoric ester groups is 1. The predicted molar refractivity (Wildman–Crippen MR) is 244 cm³/mol. The second-order valence-electron chi connectivity index (χ2n) is 17.4. The van der Waals surface area contributed by atoms with Gasteiger partial charge >= 0.3 is 7.82 Å². The van der Waals surface area contributed by atoms with Gasteiger partial charge in [-0.15, -0.1) is 0 Å². The molecule has 1 aliphatic rings. The molecule has 2 aromatic heterocycles. The molecule has 0 bridgehead atoms. The molecule has 6 atom stereocenters. The summed E-state index contributed by atoms with van der Waals surface area (Å²) in [5.74, 6) is 0.146. The molecule has 0 radical (unpaired) electrons. The lowest BCUT2D eigenvalue weighted by molar-refractivity contribution is -0.0679. The molecule has 5 N–H and O–H groups in total. The summed E-state index contributed by atoms with van der Waals surface area (Å²) in [6.07, 6.45) is 31.5. The summed E-state index contributed by atoms with van der Waals surface area (Å²) >= 11 is 0. The molecule has 0 saturated carbocycles. The normalized spacial score (nSPS) is 20.5. The van der Waals surface area contributed by atoms with Gasteiger partial charge in [0.25, 0.3) is 0 Å². The number of aliphatic hydroxyl groups is 2. The summed E-state index contributed by atoms with van der Waals surface area (Å²) in [5, 5.41) is 36.2. The fourth-order valence-electron chi connectivity index (χ4n) is 8.24. The van der Waals surface area contributed by atoms with E-state index in [2.05, 4.69) is 23.9 Å². The summed E-state index contributed by atoms with van der Waals surface area (Å²) < 4.78 is 43.0. The second-order valence-corrected chi connectivity index (χ2v) is 18.9. The van der Waals surface area contributed by atoms with Gasteiger partial charge in [-0.25, -0.2) is 14.1 Å². The molecule has 1 aliphatic heterocycles. The first-order valence-electron chi connectivity index (χ1n) is 24.5. The van der Waals surface area contributed by atoms with Crippen LogP contribution in [0, 0.1) is 11.3 Å². The van der Waals surface area contributed by atoms with Crippen LogP contribution in [0.25, 0.3) is 5.52 Å². The number of nitriles is 1. The minimum atomic E-state index is -4.69. The van der Waals surface area contributed by atoms with Crippen LogP contribution < -0.4 is 5.73 Å². The first kappa shape index (κ1) is 54.2. The lowest BCUT2D eigenvalue weighted by atomic mass is 9.92. The van der Waals surface area contributed by atoms with Gasteiger partial charge < -0.3 is 35.1 Å². The fraction of sp³-hybridized carbons (Fsp3) is 0.851. The van der Waals surface area contributed by atoms with Gasteiger partial charge in [0.2, 0.25) is 5.60 Å². The van der Waals surface area contributed by atoms with E-state index in [9.17, 15) is 24.9 Å². The molecule has 0 aromatic carbocycles. The average Bonchev–Trinajstić information content (AvgIpc) is 3.82. The van der Waals surface area contributed by atoms with E-state index in [-0.39, 0.29) is 24.7 Å². The van der Waals surface area contributed by atoms with E-state index >= 15 is 0 Å². The minimum absolute atomic E-state index is 0.106. The number of hydrogen-bond donors (Lipinski definition) is 4. The van der Waals surface area contributed by atoms with E-state index in [1.54, 1.807) is 6.07 Å². The van der Waals surface area contributed by atoms with Crippen LogP contribution in [-0.2, 0) is 33.4 Å². The number of nitrogen functional groups attached to an aromatic ring is 1. The van der Waals surface area contributed by atoms with Crippen molar-refractivity contribution in [3.63, 3.8) is 0 Å². The molecule has 1 unspecified atom stereocenters. The molecule has 1 saturated heterocycles. The van der Waals surface area contributed by atoms with Crippen LogP contribution in [0.3, 0.4) is 0 Å². The van der Waals surface area contributed by atoms with E-state index in [0.29, 0.717) is 18.7 Å². The number of anilines is 1. The van der Waals surface area contributed by atoms with Gasteiger partial charge in [0.05, 0.1) is 25.5 Å². The van der Waals surface area contributed by atoms with Gasteiger partial charge in [-0.2, -0.15) is 10.4 Å². The van der Waals surface area contributed by atoms with Crippen molar-refractivity contribution in [3.05, 3.63) is 24.2 Å². The van der Waals surface area contributed by atoms with Crippen LogP contribution in [0.1, 0.15) is 199 Å². The van der Waals surface area contributed by atoms with Gasteiger partial charge in [-0.3, -0.25) is 9.05 Å². The van der Waals surface area contributed by atoms with Crippen molar-refractivity contribution >= 4 is 19.2 Å². The lowest BCUT2D eigenvalue weighted by Gasteiger charge is -2.24. The lowest BCUT2D eigenvalue weighted by Crippen LogP contribution is -2.41. The van der Waals surface area contributed by atoms with Crippen LogP contribution in [0.2, 0.25) is 0 Å². The highest BCUT2D eigenvalue weighted by Crippen LogP contribution is 2.46. The maximum Gasteiger partial charge on any atom is 0.472 e. The van der Waals surface area contributed by atoms with Gasteiger partial charge in [-0.05, 0) is 25.0 Å². The number of hydrogen-bond acceptors (Lipinski definition) is 12. The largest absolute Gasteiger partial charge is 0.472 e. The van der Waals surface area contributed by atoms with Gasteiger partial charge in [0.15, 0.2) is 5.82 Å². The zero-order valence-corrected chi connectivity index (χ0v) is 39.4. The van der Waals surface area contributed by atoms with E-state index in [0.717, 1.165) is 32.1 Å². The van der Waals surface area contributed by atoms with Gasteiger partial charge in [0, 0.05) is 13.2 Å². The Kier molecular flexibility index (Phi) is 28.4. The van der Waals surface area contributed by atoms with Crippen molar-refractivity contribution in [1.29, 1.82) is 5.26 Å². The number of phosphoric acid groups is 1. The van der Waals surface area contributed by atoms with Gasteiger partial charge in [-0.1, -0.05) is 181 Å². The first-order valence-corrected chi connectivity index (χ1v) is 26.0. The zero-order chi connectivity index (χ0) is 44.7. The first-order chi connectivity index (χ1) is 30.2. The molecule has 0 amide bonds. The molecule has 3 heterocycles. The average molecular weight is 894 g/mol. The van der Waals surface area contributed by atoms with Crippen molar-refractivity contribution in [2.75, 3.05) is 38.8 Å². The number of ether oxygens (including phenoxy) is 3. The highest BCUT2D eigenvalue weighted by Gasteiger charge is 2.58. The molecule has 15 heteroatoms. The number of unbranched alkanes of at least 4 members (excludes halogenated alkanes) is 26. The van der Waals surface area contributed by atoms with Crippen molar-refractivity contribution in [1.82, 2.24) is 14.6 Å². The van der Waals surface area contributed by atoms with E-state index < -0.39 is 44.4 Å². The highest BCUT2D eigenvalue weighted by molar-refractivity contribution is 7.47. The number of nitrogens with zero attached hydrogens (tertiary/aromatic N) is 4. The van der Waals surface area contributed by atoms with Crippen LogP contribution in [0.5, 0.6) is 0 Å². The van der Waals surface area contributed by atoms with Crippen LogP contribution in [0.15, 0.2) is 18.5 Å². The second kappa shape index (κ2) is 32.5. The third-order valence-electron chi connectivity index (χ3n) is 12.1. The van der Waals surface area contributed by atoms with Crippen molar-refractivity contribution in [2.45, 2.75) is 224 Å². The monoisotopic (exact) mass is 894 g/mol. The zero-order valence-electron chi connectivity index (χ0n) is 38.5. The number of fused-ring (bicyclic) bond motifs is 1. The predicted octanol–water partition coefficient (Wildman–Crippen LogP) is 10.6. The summed E-state index contributed by atoms with van der Waals surface area (Å²) in [7, 11) is -4.69. The molecule has 1 fully saturated rings. The van der Waals surface area contributed by atoms with Crippen molar-refractivity contribution in [2.24, 2.45) is 0 Å². The Hall–Kier alpha value is -2.18. The molecular weight excluding hydrogens is 810 g/mol. The maximum absolute atomic E-state index is 13.1. The Balaban J connectivity index is 1.38. The van der Waals surface area contributed by atoms with E-state index in [4.69, 9.17) is 29.0 Å². The Morgan fingerprint density at radius 3 is 1.74 bits per heavy atom. The van der Waals surface area contributed by atoms with Crippen LogP contribution in [-0.4, -0.2) is 87.2 Å². The molecule has 2 aromatic rings. The summed E-state index contributed by atoms with van der Waals surface area (Å²) in [4.78, 5) is 14.6. The number of aromatic nitrogens is 3.